The fraction of sp³-hybridized carbons (Fsp3) is 0.808. The number of phosphoric acid groups is 1. The zero-order valence-electron chi connectivity index (χ0n) is 40.1. The molecule has 2 unspecified atom stereocenters. The first-order chi connectivity index (χ1) is 30.3. The Bertz CT molecular complexity index is 1160. The highest BCUT2D eigenvalue weighted by Gasteiger charge is 2.26. The van der Waals surface area contributed by atoms with Crippen molar-refractivity contribution in [2.45, 2.75) is 245 Å². The number of nitrogens with two attached hydrogens (primary N) is 1. The van der Waals surface area contributed by atoms with E-state index in [1.807, 2.05) is 0 Å². The number of carbonyl (C=O) groups excluding carboxylic acids is 2. The molecule has 62 heavy (non-hydrogen) atoms. The van der Waals surface area contributed by atoms with Crippen LogP contribution in [0.5, 0.6) is 0 Å². The standard InChI is InChI=1S/C52H96NO8P/c1-3-5-7-9-11-13-15-16-17-18-19-20-21-22-23-24-25-26-27-28-29-30-31-32-33-34-35-37-39-41-43-45-52(55)61-50(49-60-62(56,57)59-47-46-53)48-58-51(54)44-42-40-38-36-14-12-10-8-6-4-2/h8,10,15-16,18-19,21-22,50H,3-7,9,11-14,17,20,23-49,53H2,1-2H3,(H,56,57)/b10-8-,16-15-,19-18-,22-21-. The molecule has 3 N–H and O–H groups in total. The van der Waals surface area contributed by atoms with Crippen LogP contribution in [0.25, 0.3) is 0 Å². The minimum Gasteiger partial charge on any atom is -0.462 e. The molecule has 0 aromatic heterocycles. The summed E-state index contributed by atoms with van der Waals surface area (Å²) in [5, 5.41) is 0. The smallest absolute Gasteiger partial charge is 0.462 e. The van der Waals surface area contributed by atoms with Gasteiger partial charge < -0.3 is 20.1 Å². The van der Waals surface area contributed by atoms with E-state index in [0.717, 1.165) is 77.0 Å². The van der Waals surface area contributed by atoms with Crippen LogP contribution < -0.4 is 5.73 Å². The van der Waals surface area contributed by atoms with Gasteiger partial charge in [-0.1, -0.05) is 204 Å². The number of hydrogen-bond donors (Lipinski definition) is 2. The second-order valence-electron chi connectivity index (χ2n) is 17.0. The van der Waals surface area contributed by atoms with E-state index in [1.165, 1.54) is 128 Å². The largest absolute Gasteiger partial charge is 0.472 e. The van der Waals surface area contributed by atoms with Crippen molar-refractivity contribution in [3.8, 4) is 0 Å². The van der Waals surface area contributed by atoms with Gasteiger partial charge in [0, 0.05) is 19.4 Å². The zero-order chi connectivity index (χ0) is 45.3. The lowest BCUT2D eigenvalue weighted by Crippen LogP contribution is -2.29. The Kier molecular flexibility index (Phi) is 46.8. The number of phosphoric ester groups is 1. The van der Waals surface area contributed by atoms with Crippen molar-refractivity contribution in [3.05, 3.63) is 48.6 Å². The molecule has 0 aliphatic heterocycles. The van der Waals surface area contributed by atoms with E-state index in [0.29, 0.717) is 6.42 Å². The van der Waals surface area contributed by atoms with E-state index in [9.17, 15) is 19.0 Å². The normalized spacial score (nSPS) is 13.5. The minimum atomic E-state index is -4.38. The van der Waals surface area contributed by atoms with Crippen molar-refractivity contribution in [1.29, 1.82) is 0 Å². The molecule has 2 atom stereocenters. The average molecular weight is 894 g/mol. The Morgan fingerprint density at radius 2 is 0.871 bits per heavy atom. The number of rotatable bonds is 48. The van der Waals surface area contributed by atoms with E-state index >= 15 is 0 Å². The molecule has 9 nitrogen and oxygen atoms in total. The van der Waals surface area contributed by atoms with Crippen LogP contribution in [0.2, 0.25) is 0 Å². The molecule has 0 saturated carbocycles. The van der Waals surface area contributed by atoms with Crippen molar-refractivity contribution in [2.24, 2.45) is 5.73 Å². The van der Waals surface area contributed by atoms with Gasteiger partial charge in [0.05, 0.1) is 13.2 Å². The molecule has 0 aliphatic carbocycles. The third-order valence-electron chi connectivity index (χ3n) is 10.9. The summed E-state index contributed by atoms with van der Waals surface area (Å²) in [5.41, 5.74) is 5.35. The van der Waals surface area contributed by atoms with E-state index < -0.39 is 32.5 Å². The Morgan fingerprint density at radius 3 is 1.32 bits per heavy atom. The Labute approximate surface area is 381 Å². The molecular weight excluding hydrogens is 798 g/mol. The Hall–Kier alpha value is -2.03. The summed E-state index contributed by atoms with van der Waals surface area (Å²) >= 11 is 0. The molecule has 0 spiro atoms. The van der Waals surface area contributed by atoms with Crippen molar-refractivity contribution in [2.75, 3.05) is 26.4 Å². The molecule has 0 heterocycles. The number of hydrogen-bond acceptors (Lipinski definition) is 8. The first-order valence-corrected chi connectivity index (χ1v) is 27.1. The SMILES string of the molecule is CCC/C=C\CCCCCCCC(=O)OCC(COP(=O)(O)OCCN)OC(=O)CCCCCCCCCCCCCCCCCC/C=C\C/C=C\C/C=C\CCCCCCC. The lowest BCUT2D eigenvalue weighted by atomic mass is 10.0. The monoisotopic (exact) mass is 894 g/mol. The van der Waals surface area contributed by atoms with Crippen molar-refractivity contribution >= 4 is 19.8 Å². The highest BCUT2D eigenvalue weighted by Crippen LogP contribution is 2.43. The number of carbonyl (C=O) groups is 2. The van der Waals surface area contributed by atoms with Crippen LogP contribution >= 0.6 is 7.82 Å². The molecule has 0 bridgehead atoms. The van der Waals surface area contributed by atoms with Crippen LogP contribution in [-0.2, 0) is 32.7 Å². The summed E-state index contributed by atoms with van der Waals surface area (Å²) in [4.78, 5) is 34.9. The number of ether oxygens (including phenoxy) is 2. The molecule has 0 fully saturated rings. The van der Waals surface area contributed by atoms with Gasteiger partial charge >= 0.3 is 19.8 Å². The summed E-state index contributed by atoms with van der Waals surface area (Å²) in [7, 11) is -4.38. The van der Waals surface area contributed by atoms with Gasteiger partial charge in [-0.05, 0) is 70.6 Å². The molecule has 0 rings (SSSR count). The summed E-state index contributed by atoms with van der Waals surface area (Å²) in [6.07, 6.45) is 57.5. The third kappa shape index (κ3) is 47.4. The van der Waals surface area contributed by atoms with Crippen LogP contribution in [0.15, 0.2) is 48.6 Å². The van der Waals surface area contributed by atoms with Gasteiger partial charge in [-0.15, -0.1) is 0 Å². The fourth-order valence-electron chi connectivity index (χ4n) is 7.12. The topological polar surface area (TPSA) is 134 Å². The zero-order valence-corrected chi connectivity index (χ0v) is 41.0. The van der Waals surface area contributed by atoms with Crippen LogP contribution in [0.3, 0.4) is 0 Å². The van der Waals surface area contributed by atoms with Gasteiger partial charge in [-0.25, -0.2) is 4.57 Å². The highest BCUT2D eigenvalue weighted by atomic mass is 31.2. The number of esters is 2. The number of allylic oxidation sites excluding steroid dienone is 8. The predicted molar refractivity (Wildman–Crippen MR) is 261 cm³/mol. The van der Waals surface area contributed by atoms with Gasteiger partial charge in [0.2, 0.25) is 0 Å². The molecule has 0 aromatic carbocycles. The van der Waals surface area contributed by atoms with Crippen LogP contribution in [0.4, 0.5) is 0 Å². The van der Waals surface area contributed by atoms with Crippen LogP contribution in [0, 0.1) is 0 Å². The molecule has 0 aliphatic rings. The summed E-state index contributed by atoms with van der Waals surface area (Å²) in [6.45, 7) is 3.66. The van der Waals surface area contributed by atoms with Crippen LogP contribution in [-0.4, -0.2) is 49.3 Å². The molecule has 0 amide bonds. The summed E-state index contributed by atoms with van der Waals surface area (Å²) in [5.74, 6) is -0.837. The Morgan fingerprint density at radius 1 is 0.484 bits per heavy atom. The second kappa shape index (κ2) is 48.4. The first kappa shape index (κ1) is 60.0. The van der Waals surface area contributed by atoms with E-state index in [4.69, 9.17) is 24.3 Å². The summed E-state index contributed by atoms with van der Waals surface area (Å²) in [6, 6.07) is 0. The molecule has 10 heteroatoms. The lowest BCUT2D eigenvalue weighted by Gasteiger charge is -2.19. The summed E-state index contributed by atoms with van der Waals surface area (Å²) < 4.78 is 32.8. The molecule has 0 radical (unpaired) electrons. The average Bonchev–Trinajstić information content (AvgIpc) is 3.26. The minimum absolute atomic E-state index is 0.0521. The van der Waals surface area contributed by atoms with Gasteiger partial charge in [0.25, 0.3) is 0 Å². The van der Waals surface area contributed by atoms with Gasteiger partial charge in [0.1, 0.15) is 6.61 Å². The maximum Gasteiger partial charge on any atom is 0.472 e. The van der Waals surface area contributed by atoms with Gasteiger partial charge in [-0.3, -0.25) is 18.6 Å². The third-order valence-corrected chi connectivity index (χ3v) is 11.9. The van der Waals surface area contributed by atoms with Crippen molar-refractivity contribution in [3.63, 3.8) is 0 Å². The van der Waals surface area contributed by atoms with E-state index in [-0.39, 0.29) is 32.6 Å². The molecule has 0 aromatic rings. The van der Waals surface area contributed by atoms with Crippen LogP contribution in [0.1, 0.15) is 239 Å². The fourth-order valence-corrected chi connectivity index (χ4v) is 7.88. The highest BCUT2D eigenvalue weighted by molar-refractivity contribution is 7.47. The maximum absolute atomic E-state index is 12.6. The quantitative estimate of drug-likeness (QED) is 0.0265. The van der Waals surface area contributed by atoms with E-state index in [2.05, 4.69) is 62.5 Å². The molecule has 0 saturated heterocycles. The molecule has 362 valence electrons. The van der Waals surface area contributed by atoms with Crippen molar-refractivity contribution in [1.82, 2.24) is 0 Å². The molecular formula is C52H96NO8P. The van der Waals surface area contributed by atoms with E-state index in [1.54, 1.807) is 0 Å². The van der Waals surface area contributed by atoms with Gasteiger partial charge in [-0.2, -0.15) is 0 Å². The lowest BCUT2D eigenvalue weighted by molar-refractivity contribution is -0.161. The second-order valence-corrected chi connectivity index (χ2v) is 18.5. The first-order valence-electron chi connectivity index (χ1n) is 25.6. The van der Waals surface area contributed by atoms with Crippen molar-refractivity contribution < 1.29 is 37.6 Å². The Balaban J connectivity index is 3.88. The van der Waals surface area contributed by atoms with Gasteiger partial charge in [0.15, 0.2) is 6.10 Å². The maximum atomic E-state index is 12.6. The predicted octanol–water partition coefficient (Wildman–Crippen LogP) is 15.5. The number of unbranched alkanes of at least 4 members (excludes halogenated alkanes) is 27.